The van der Waals surface area contributed by atoms with E-state index in [-0.39, 0.29) is 28.8 Å². The maximum atomic E-state index is 13.9. The summed E-state index contributed by atoms with van der Waals surface area (Å²) in [6.45, 7) is 6.01. The molecule has 10 nitrogen and oxygen atoms in total. The van der Waals surface area contributed by atoms with Gasteiger partial charge in [-0.1, -0.05) is 38.1 Å². The van der Waals surface area contributed by atoms with Crippen LogP contribution >= 0.6 is 0 Å². The van der Waals surface area contributed by atoms with Crippen LogP contribution < -0.4 is 35.6 Å². The van der Waals surface area contributed by atoms with Crippen LogP contribution in [0.25, 0.3) is 22.0 Å². The number of aromatic nitrogens is 1. The lowest BCUT2D eigenvalue weighted by atomic mass is 9.95. The summed E-state index contributed by atoms with van der Waals surface area (Å²) in [4.78, 5) is 43.0. The molecule has 0 fully saturated rings. The minimum absolute atomic E-state index is 0.175. The summed E-state index contributed by atoms with van der Waals surface area (Å²) in [5.41, 5.74) is 5.28. The zero-order chi connectivity index (χ0) is 33.7. The molecule has 1 aliphatic carbocycles. The fourth-order valence-corrected chi connectivity index (χ4v) is 6.50. The molecule has 0 radical (unpaired) electrons. The van der Waals surface area contributed by atoms with Crippen LogP contribution in [-0.2, 0) is 22.4 Å². The molecule has 1 aliphatic rings. The van der Waals surface area contributed by atoms with Crippen molar-refractivity contribution in [3.8, 4) is 28.4 Å². The largest absolute Gasteiger partial charge is 0.493 e. The van der Waals surface area contributed by atoms with E-state index < -0.39 is 12.1 Å². The van der Waals surface area contributed by atoms with Gasteiger partial charge in [-0.25, -0.2) is 0 Å². The zero-order valence-corrected chi connectivity index (χ0v) is 27.9. The summed E-state index contributed by atoms with van der Waals surface area (Å²) in [5, 5.41) is 10.5. The number of aryl methyl sites for hydroxylation is 1. The van der Waals surface area contributed by atoms with E-state index in [2.05, 4.69) is 27.0 Å². The van der Waals surface area contributed by atoms with Gasteiger partial charge in [0, 0.05) is 36.1 Å². The number of carbonyl (C=O) groups is 2. The highest BCUT2D eigenvalue weighted by Crippen LogP contribution is 2.50. The van der Waals surface area contributed by atoms with Gasteiger partial charge in [0.05, 0.1) is 33.1 Å². The molecular weight excluding hydrogens is 596 g/mol. The van der Waals surface area contributed by atoms with Gasteiger partial charge in [-0.05, 0) is 78.1 Å². The summed E-state index contributed by atoms with van der Waals surface area (Å²) in [5.74, 6) is 1.26. The van der Waals surface area contributed by atoms with Crippen molar-refractivity contribution in [2.45, 2.75) is 58.5 Å². The van der Waals surface area contributed by atoms with Crippen LogP contribution in [0, 0.1) is 5.92 Å². The Bertz CT molecular complexity index is 1830. The normalized spacial score (nSPS) is 14.4. The third-order valence-corrected chi connectivity index (χ3v) is 8.64. The van der Waals surface area contributed by atoms with Crippen molar-refractivity contribution in [1.29, 1.82) is 0 Å². The van der Waals surface area contributed by atoms with Crippen LogP contribution in [0.15, 0.2) is 59.5 Å². The smallest absolute Gasteiger partial charge is 0.242 e. The maximum Gasteiger partial charge on any atom is 0.242 e. The fraction of sp³-hybridized carbons (Fsp3) is 0.378. The summed E-state index contributed by atoms with van der Waals surface area (Å²) >= 11 is 0. The standard InChI is InChI=1S/C37H44N4O6/c1-21(2)17-31(37(44)38-16-15-24-20-39-28-10-8-7-9-25(24)28)41-30-14-12-26-27(19-32(30)43)29(40-22(3)42)13-11-23-18-33(45-4)35(46-5)36(47-6)34(23)26/h7-10,12,14,18-21,29,31,39H,11,13,15-17H2,1-6H3,(H,38,44)(H,40,42)(H,41,43)/t29-,31-/m1/s1. The summed E-state index contributed by atoms with van der Waals surface area (Å²) in [7, 11) is 4.69. The van der Waals surface area contributed by atoms with Crippen molar-refractivity contribution >= 4 is 28.4 Å². The molecule has 248 valence electrons. The van der Waals surface area contributed by atoms with E-state index in [1.807, 2.05) is 50.4 Å². The molecular formula is C37H44N4O6. The third kappa shape index (κ3) is 7.21. The first-order chi connectivity index (χ1) is 22.6. The first kappa shape index (κ1) is 33.4. The number of carbonyl (C=O) groups excluding carboxylic acids is 2. The Hall–Kier alpha value is -4.99. The number of nitrogens with one attached hydrogen (secondary N) is 4. The Morgan fingerprint density at radius 3 is 2.47 bits per heavy atom. The van der Waals surface area contributed by atoms with Crippen molar-refractivity contribution < 1.29 is 23.8 Å². The van der Waals surface area contributed by atoms with Gasteiger partial charge < -0.3 is 35.1 Å². The third-order valence-electron chi connectivity index (χ3n) is 8.64. The number of fused-ring (bicyclic) bond motifs is 4. The van der Waals surface area contributed by atoms with E-state index in [0.717, 1.165) is 33.2 Å². The topological polar surface area (TPSA) is 131 Å². The second kappa shape index (κ2) is 14.6. The first-order valence-electron chi connectivity index (χ1n) is 16.0. The average molecular weight is 641 g/mol. The monoisotopic (exact) mass is 640 g/mol. The van der Waals surface area contributed by atoms with Crippen molar-refractivity contribution in [3.63, 3.8) is 0 Å². The second-order valence-corrected chi connectivity index (χ2v) is 12.3. The Morgan fingerprint density at radius 2 is 1.77 bits per heavy atom. The van der Waals surface area contributed by atoms with Gasteiger partial charge in [0.2, 0.25) is 23.0 Å². The lowest BCUT2D eigenvalue weighted by molar-refractivity contribution is -0.122. The molecule has 2 atom stereocenters. The number of hydrogen-bond acceptors (Lipinski definition) is 7. The van der Waals surface area contributed by atoms with Crippen molar-refractivity contribution in [2.24, 2.45) is 5.92 Å². The van der Waals surface area contributed by atoms with Crippen LogP contribution in [0.2, 0.25) is 0 Å². The molecule has 2 amide bonds. The Morgan fingerprint density at radius 1 is 1.00 bits per heavy atom. The number of anilines is 1. The molecule has 0 spiro atoms. The lowest BCUT2D eigenvalue weighted by Gasteiger charge is -2.20. The Kier molecular flexibility index (Phi) is 10.4. The SMILES string of the molecule is COc1cc2c(c(OC)c1OC)-c1ccc(N[C@H](CC(C)C)C(=O)NCCc3c[nH]c4ccccc34)c(=O)cc1[C@H](NC(C)=O)CC2. The van der Waals surface area contributed by atoms with Gasteiger partial charge in [-0.2, -0.15) is 0 Å². The Labute approximate surface area is 275 Å². The van der Waals surface area contributed by atoms with E-state index in [1.165, 1.54) is 6.92 Å². The van der Waals surface area contributed by atoms with Crippen LogP contribution in [0.4, 0.5) is 5.69 Å². The number of benzene rings is 2. The molecule has 47 heavy (non-hydrogen) atoms. The minimum atomic E-state index is -0.634. The van der Waals surface area contributed by atoms with Crippen molar-refractivity contribution in [1.82, 2.24) is 15.6 Å². The second-order valence-electron chi connectivity index (χ2n) is 12.3. The van der Waals surface area contributed by atoms with E-state index in [1.54, 1.807) is 33.5 Å². The molecule has 0 aliphatic heterocycles. The number of para-hydroxylation sites is 1. The van der Waals surface area contributed by atoms with E-state index in [4.69, 9.17) is 14.2 Å². The number of amides is 2. The molecule has 4 aromatic rings. The van der Waals surface area contributed by atoms with Gasteiger partial charge in [-0.15, -0.1) is 0 Å². The zero-order valence-electron chi connectivity index (χ0n) is 27.9. The summed E-state index contributed by atoms with van der Waals surface area (Å²) < 4.78 is 17.2. The number of hydrogen-bond donors (Lipinski definition) is 4. The molecule has 0 bridgehead atoms. The molecule has 1 aromatic heterocycles. The molecule has 0 saturated heterocycles. The van der Waals surface area contributed by atoms with Gasteiger partial charge in [0.1, 0.15) is 6.04 Å². The number of methoxy groups -OCH3 is 3. The number of aromatic amines is 1. The molecule has 0 saturated carbocycles. The molecule has 10 heteroatoms. The molecule has 0 unspecified atom stereocenters. The van der Waals surface area contributed by atoms with Gasteiger partial charge in [-0.3, -0.25) is 14.4 Å². The predicted octanol–water partition coefficient (Wildman–Crippen LogP) is 5.53. The average Bonchev–Trinajstić information content (AvgIpc) is 3.32. The van der Waals surface area contributed by atoms with E-state index >= 15 is 0 Å². The fourth-order valence-electron chi connectivity index (χ4n) is 6.50. The number of rotatable bonds is 12. The molecule has 5 rings (SSSR count). The lowest BCUT2D eigenvalue weighted by Crippen LogP contribution is -2.42. The van der Waals surface area contributed by atoms with Crippen LogP contribution in [-0.4, -0.2) is 50.7 Å². The van der Waals surface area contributed by atoms with Crippen molar-refractivity contribution in [2.75, 3.05) is 33.2 Å². The van der Waals surface area contributed by atoms with E-state index in [9.17, 15) is 14.4 Å². The van der Waals surface area contributed by atoms with Crippen LogP contribution in [0.5, 0.6) is 17.2 Å². The first-order valence-corrected chi connectivity index (χ1v) is 16.0. The number of ether oxygens (including phenoxy) is 3. The summed E-state index contributed by atoms with van der Waals surface area (Å²) in [6, 6.07) is 14.1. The Balaban J connectivity index is 1.49. The van der Waals surface area contributed by atoms with Gasteiger partial charge >= 0.3 is 0 Å². The van der Waals surface area contributed by atoms with Crippen LogP contribution in [0.3, 0.4) is 0 Å². The molecule has 4 N–H and O–H groups in total. The van der Waals surface area contributed by atoms with Crippen molar-refractivity contribution in [3.05, 3.63) is 81.6 Å². The quantitative estimate of drug-likeness (QED) is 0.160. The van der Waals surface area contributed by atoms with E-state index in [0.29, 0.717) is 55.0 Å². The maximum absolute atomic E-state index is 13.9. The highest BCUT2D eigenvalue weighted by atomic mass is 16.5. The summed E-state index contributed by atoms with van der Waals surface area (Å²) in [6.07, 6.45) is 4.33. The van der Waals surface area contributed by atoms with Gasteiger partial charge in [0.25, 0.3) is 0 Å². The van der Waals surface area contributed by atoms with Gasteiger partial charge in [0.15, 0.2) is 11.5 Å². The predicted molar refractivity (Wildman–Crippen MR) is 185 cm³/mol. The number of H-pyrrole nitrogens is 1. The molecule has 1 heterocycles. The van der Waals surface area contributed by atoms with Crippen LogP contribution in [0.1, 0.15) is 56.3 Å². The highest BCUT2D eigenvalue weighted by Gasteiger charge is 2.30. The highest BCUT2D eigenvalue weighted by molar-refractivity contribution is 5.86. The molecule has 3 aromatic carbocycles. The minimum Gasteiger partial charge on any atom is -0.493 e.